The fourth-order valence-electron chi connectivity index (χ4n) is 4.71. The summed E-state index contributed by atoms with van der Waals surface area (Å²) in [5.41, 5.74) is 3.96. The first-order chi connectivity index (χ1) is 18.3. The lowest BCUT2D eigenvalue weighted by Crippen LogP contribution is -2.30. The van der Waals surface area contributed by atoms with Gasteiger partial charge < -0.3 is 15.4 Å². The number of nitrogens with zero attached hydrogens (tertiary/aromatic N) is 3. The highest BCUT2D eigenvalue weighted by atomic mass is 19.2. The van der Waals surface area contributed by atoms with Crippen LogP contribution in [-0.2, 0) is 17.7 Å². The maximum Gasteiger partial charge on any atom is 0.338 e. The van der Waals surface area contributed by atoms with E-state index in [1.165, 1.54) is 30.0 Å². The largest absolute Gasteiger partial charge is 0.465 e. The summed E-state index contributed by atoms with van der Waals surface area (Å²) in [6.07, 6.45) is 2.79. The molecule has 38 heavy (non-hydrogen) atoms. The van der Waals surface area contributed by atoms with Crippen LogP contribution in [0.25, 0.3) is 5.65 Å². The smallest absolute Gasteiger partial charge is 0.338 e. The second-order valence-corrected chi connectivity index (χ2v) is 8.92. The minimum absolute atomic E-state index is 0.0314. The quantitative estimate of drug-likeness (QED) is 0.377. The Balaban J connectivity index is 1.37. The molecule has 194 valence electrons. The van der Waals surface area contributed by atoms with Gasteiger partial charge in [-0.3, -0.25) is 9.59 Å². The number of ether oxygens (including phenoxy) is 1. The second-order valence-electron chi connectivity index (χ2n) is 8.92. The Labute approximate surface area is 215 Å². The molecule has 2 N–H and O–H groups in total. The van der Waals surface area contributed by atoms with Crippen LogP contribution in [0.4, 0.5) is 8.78 Å². The number of benzene rings is 2. The maximum absolute atomic E-state index is 13.5. The fourth-order valence-corrected chi connectivity index (χ4v) is 4.71. The first-order valence-electron chi connectivity index (χ1n) is 11.8. The van der Waals surface area contributed by atoms with Crippen LogP contribution in [0, 0.1) is 18.6 Å². The van der Waals surface area contributed by atoms with Crippen molar-refractivity contribution in [3.8, 4) is 0 Å². The van der Waals surface area contributed by atoms with Crippen molar-refractivity contribution >= 4 is 23.4 Å². The van der Waals surface area contributed by atoms with Crippen molar-refractivity contribution in [2.45, 2.75) is 32.4 Å². The van der Waals surface area contributed by atoms with Crippen LogP contribution in [0.2, 0.25) is 0 Å². The third-order valence-corrected chi connectivity index (χ3v) is 6.67. The lowest BCUT2D eigenvalue weighted by molar-refractivity contribution is 0.0599. The summed E-state index contributed by atoms with van der Waals surface area (Å²) in [7, 11) is 1.33. The highest BCUT2D eigenvalue weighted by molar-refractivity contribution is 5.98. The first kappa shape index (κ1) is 25.0. The molecule has 4 aromatic rings. The van der Waals surface area contributed by atoms with Crippen molar-refractivity contribution in [1.29, 1.82) is 0 Å². The summed E-state index contributed by atoms with van der Waals surface area (Å²) in [4.78, 5) is 42.5. The van der Waals surface area contributed by atoms with Crippen LogP contribution in [-0.4, -0.2) is 39.5 Å². The number of rotatable bonds is 6. The first-order valence-corrected chi connectivity index (χ1v) is 11.8. The molecule has 0 bridgehead atoms. The van der Waals surface area contributed by atoms with Crippen LogP contribution in [0.5, 0.6) is 0 Å². The van der Waals surface area contributed by atoms with Crippen LogP contribution >= 0.6 is 0 Å². The molecule has 1 aliphatic rings. The molecule has 0 saturated heterocycles. The molecular weight excluding hydrogens is 496 g/mol. The average molecular weight is 520 g/mol. The SMILES string of the molecule is COC(=O)c1ccc2c(c1C)CC[C@@H]2NC(=O)c1cc(C(=O)NCc2ccc(F)c(F)c2)nc2ccnn12. The highest BCUT2D eigenvalue weighted by Crippen LogP contribution is 2.35. The summed E-state index contributed by atoms with van der Waals surface area (Å²) >= 11 is 0. The Morgan fingerprint density at radius 3 is 2.66 bits per heavy atom. The van der Waals surface area contributed by atoms with E-state index < -0.39 is 29.4 Å². The van der Waals surface area contributed by atoms with E-state index in [4.69, 9.17) is 4.74 Å². The van der Waals surface area contributed by atoms with Gasteiger partial charge in [0.25, 0.3) is 11.8 Å². The number of carbonyl (C=O) groups is 3. The second kappa shape index (κ2) is 10.0. The molecule has 2 aromatic carbocycles. The Kier molecular flexibility index (Phi) is 6.58. The minimum Gasteiger partial charge on any atom is -0.465 e. The number of nitrogens with one attached hydrogen (secondary N) is 2. The van der Waals surface area contributed by atoms with Gasteiger partial charge in [-0.2, -0.15) is 5.10 Å². The summed E-state index contributed by atoms with van der Waals surface area (Å²) < 4.78 is 32.9. The molecule has 2 aromatic heterocycles. The molecule has 11 heteroatoms. The van der Waals surface area contributed by atoms with Gasteiger partial charge in [-0.15, -0.1) is 0 Å². The Morgan fingerprint density at radius 2 is 1.89 bits per heavy atom. The third-order valence-electron chi connectivity index (χ3n) is 6.67. The molecule has 0 aliphatic heterocycles. The van der Waals surface area contributed by atoms with E-state index in [2.05, 4.69) is 20.7 Å². The maximum atomic E-state index is 13.5. The van der Waals surface area contributed by atoms with E-state index in [-0.39, 0.29) is 24.0 Å². The van der Waals surface area contributed by atoms with E-state index in [1.54, 1.807) is 12.1 Å². The van der Waals surface area contributed by atoms with Crippen molar-refractivity contribution < 1.29 is 27.9 Å². The molecule has 1 aliphatic carbocycles. The molecule has 0 unspecified atom stereocenters. The van der Waals surface area contributed by atoms with Gasteiger partial charge in [-0.1, -0.05) is 12.1 Å². The van der Waals surface area contributed by atoms with Gasteiger partial charge in [0.05, 0.1) is 24.9 Å². The van der Waals surface area contributed by atoms with Gasteiger partial charge in [0, 0.05) is 18.7 Å². The zero-order valence-corrected chi connectivity index (χ0v) is 20.5. The van der Waals surface area contributed by atoms with E-state index >= 15 is 0 Å². The topological polar surface area (TPSA) is 115 Å². The fraction of sp³-hybridized carbons (Fsp3) is 0.222. The standard InChI is InChI=1S/C27H23F2N5O4/c1-14-16-6-8-21(18(16)5-4-17(14)27(37)38-2)33-26(36)23-12-22(32-24-9-10-31-34(23)24)25(35)30-13-15-3-7-19(28)20(29)11-15/h3-5,7,9-12,21H,6,8,13H2,1-2H3,(H,30,35)(H,33,36)/t21-/m0/s1. The number of amides is 2. The van der Waals surface area contributed by atoms with E-state index in [9.17, 15) is 23.2 Å². The number of methoxy groups -OCH3 is 1. The molecule has 9 nitrogen and oxygen atoms in total. The lowest BCUT2D eigenvalue weighted by atomic mass is 9.98. The highest BCUT2D eigenvalue weighted by Gasteiger charge is 2.29. The summed E-state index contributed by atoms with van der Waals surface area (Å²) in [6, 6.07) is 9.44. The number of halogens is 2. The number of hydrogen-bond donors (Lipinski definition) is 2. The molecule has 5 rings (SSSR count). The van der Waals surface area contributed by atoms with Crippen LogP contribution in [0.3, 0.4) is 0 Å². The Bertz CT molecular complexity index is 1600. The predicted molar refractivity (Wildman–Crippen MR) is 132 cm³/mol. The van der Waals surface area contributed by atoms with Crippen molar-refractivity contribution in [1.82, 2.24) is 25.2 Å². The normalized spacial score (nSPS) is 14.3. The summed E-state index contributed by atoms with van der Waals surface area (Å²) in [5, 5.41) is 9.77. The molecule has 1 atom stereocenters. The minimum atomic E-state index is -1.01. The van der Waals surface area contributed by atoms with Crippen LogP contribution in [0.1, 0.15) is 66.1 Å². The summed E-state index contributed by atoms with van der Waals surface area (Å²) in [6.45, 7) is 1.80. The molecular formula is C27H23F2N5O4. The van der Waals surface area contributed by atoms with Gasteiger partial charge >= 0.3 is 5.97 Å². The van der Waals surface area contributed by atoms with Crippen molar-refractivity contribution in [3.63, 3.8) is 0 Å². The Hall–Kier alpha value is -4.67. The average Bonchev–Trinajstić information content (AvgIpc) is 3.56. The lowest BCUT2D eigenvalue weighted by Gasteiger charge is -2.16. The number of aromatic nitrogens is 3. The van der Waals surface area contributed by atoms with Crippen LogP contribution in [0.15, 0.2) is 48.7 Å². The molecule has 0 radical (unpaired) electrons. The van der Waals surface area contributed by atoms with Crippen LogP contribution < -0.4 is 10.6 Å². The van der Waals surface area contributed by atoms with Gasteiger partial charge in [0.15, 0.2) is 17.3 Å². The van der Waals surface area contributed by atoms with Gasteiger partial charge in [0.1, 0.15) is 11.4 Å². The van der Waals surface area contributed by atoms with Gasteiger partial charge in [-0.05, 0) is 60.2 Å². The van der Waals surface area contributed by atoms with Crippen molar-refractivity contribution in [3.05, 3.63) is 99.5 Å². The predicted octanol–water partition coefficient (Wildman–Crippen LogP) is 3.45. The van der Waals surface area contributed by atoms with Gasteiger partial charge in [0.2, 0.25) is 0 Å². The number of esters is 1. The van der Waals surface area contributed by atoms with Gasteiger partial charge in [-0.25, -0.2) is 23.1 Å². The number of fused-ring (bicyclic) bond motifs is 2. The number of hydrogen-bond acceptors (Lipinski definition) is 6. The summed E-state index contributed by atoms with van der Waals surface area (Å²) in [5.74, 6) is -3.45. The molecule has 2 heterocycles. The number of carbonyl (C=O) groups excluding carboxylic acids is 3. The zero-order chi connectivity index (χ0) is 27.0. The molecule has 2 amide bonds. The van der Waals surface area contributed by atoms with E-state index in [0.717, 1.165) is 28.8 Å². The zero-order valence-electron chi connectivity index (χ0n) is 20.5. The Morgan fingerprint density at radius 1 is 1.08 bits per heavy atom. The molecule has 0 saturated carbocycles. The van der Waals surface area contributed by atoms with Crippen molar-refractivity contribution in [2.75, 3.05) is 7.11 Å². The van der Waals surface area contributed by atoms with Crippen molar-refractivity contribution in [2.24, 2.45) is 0 Å². The van der Waals surface area contributed by atoms with E-state index in [0.29, 0.717) is 29.6 Å². The molecule has 0 fully saturated rings. The third kappa shape index (κ3) is 4.58. The monoisotopic (exact) mass is 519 g/mol. The molecule has 0 spiro atoms. The van der Waals surface area contributed by atoms with E-state index in [1.807, 2.05) is 13.0 Å².